The molecule has 0 aliphatic heterocycles. The highest BCUT2D eigenvalue weighted by atomic mass is 15.1. The highest BCUT2D eigenvalue weighted by molar-refractivity contribution is 6.06. The maximum atomic E-state index is 6.30. The molecule has 4 heteroatoms. The van der Waals surface area contributed by atoms with Gasteiger partial charge < -0.3 is 10.3 Å². The number of imidazole rings is 1. The number of benzene rings is 1. The number of unbranched alkanes of at least 4 members (excludes halogenated alkanes) is 1. The molecule has 0 spiro atoms. The van der Waals surface area contributed by atoms with E-state index in [1.807, 2.05) is 6.07 Å². The van der Waals surface area contributed by atoms with Gasteiger partial charge >= 0.3 is 0 Å². The van der Waals surface area contributed by atoms with Crippen LogP contribution in [0.15, 0.2) is 24.3 Å². The highest BCUT2D eigenvalue weighted by Gasteiger charge is 2.23. The SMILES string of the molecule is CCCCc1nc2c(N)nc3ccccc3c2n1CC1CCC(C)CC1. The monoisotopic (exact) mass is 350 g/mol. The van der Waals surface area contributed by atoms with Crippen LogP contribution in [0.4, 0.5) is 5.82 Å². The van der Waals surface area contributed by atoms with E-state index in [1.165, 1.54) is 48.8 Å². The molecule has 4 rings (SSSR count). The number of aromatic nitrogens is 3. The van der Waals surface area contributed by atoms with Crippen molar-refractivity contribution in [2.45, 2.75) is 65.3 Å². The van der Waals surface area contributed by atoms with Gasteiger partial charge in [-0.15, -0.1) is 0 Å². The normalized spacial score (nSPS) is 20.8. The van der Waals surface area contributed by atoms with Crippen LogP contribution in [0.5, 0.6) is 0 Å². The second-order valence-corrected chi connectivity index (χ2v) is 8.08. The van der Waals surface area contributed by atoms with E-state index in [2.05, 4.69) is 41.6 Å². The zero-order valence-electron chi connectivity index (χ0n) is 16.0. The van der Waals surface area contributed by atoms with Crippen molar-refractivity contribution in [3.63, 3.8) is 0 Å². The third-order valence-corrected chi connectivity index (χ3v) is 6.02. The summed E-state index contributed by atoms with van der Waals surface area (Å²) in [6.07, 6.45) is 8.72. The Balaban J connectivity index is 1.83. The van der Waals surface area contributed by atoms with Gasteiger partial charge in [0.15, 0.2) is 5.82 Å². The number of para-hydroxylation sites is 1. The number of nitrogen functional groups attached to an aromatic ring is 1. The molecule has 2 aromatic heterocycles. The average Bonchev–Trinajstić information content (AvgIpc) is 3.01. The molecule has 0 unspecified atom stereocenters. The maximum Gasteiger partial charge on any atom is 0.152 e. The first kappa shape index (κ1) is 17.3. The van der Waals surface area contributed by atoms with Gasteiger partial charge in [-0.05, 0) is 37.2 Å². The van der Waals surface area contributed by atoms with E-state index < -0.39 is 0 Å². The summed E-state index contributed by atoms with van der Waals surface area (Å²) >= 11 is 0. The smallest absolute Gasteiger partial charge is 0.152 e. The van der Waals surface area contributed by atoms with Crippen LogP contribution in [0.1, 0.15) is 58.2 Å². The Bertz CT molecular complexity index is 903. The fourth-order valence-electron chi connectivity index (χ4n) is 4.40. The number of anilines is 1. The summed E-state index contributed by atoms with van der Waals surface area (Å²) < 4.78 is 2.48. The van der Waals surface area contributed by atoms with Gasteiger partial charge in [-0.2, -0.15) is 0 Å². The lowest BCUT2D eigenvalue weighted by Gasteiger charge is -2.27. The first-order chi connectivity index (χ1) is 12.7. The molecule has 1 aliphatic carbocycles. The second kappa shape index (κ2) is 7.26. The van der Waals surface area contributed by atoms with Crippen LogP contribution in [0.25, 0.3) is 21.9 Å². The first-order valence-electron chi connectivity index (χ1n) is 10.2. The number of nitrogens with two attached hydrogens (primary N) is 1. The fraction of sp³-hybridized carbons (Fsp3) is 0.545. The Kier molecular flexibility index (Phi) is 4.84. The van der Waals surface area contributed by atoms with Crippen LogP contribution in [0.2, 0.25) is 0 Å². The lowest BCUT2D eigenvalue weighted by molar-refractivity contribution is 0.265. The number of nitrogens with zero attached hydrogens (tertiary/aromatic N) is 3. The molecule has 1 fully saturated rings. The minimum atomic E-state index is 0.562. The average molecular weight is 351 g/mol. The quantitative estimate of drug-likeness (QED) is 0.676. The molecule has 0 bridgehead atoms. The molecule has 3 aromatic rings. The molecule has 2 heterocycles. The first-order valence-corrected chi connectivity index (χ1v) is 10.2. The molecular weight excluding hydrogens is 320 g/mol. The minimum absolute atomic E-state index is 0.562. The Morgan fingerprint density at radius 2 is 1.88 bits per heavy atom. The van der Waals surface area contributed by atoms with E-state index in [0.29, 0.717) is 5.82 Å². The molecule has 0 amide bonds. The summed E-state index contributed by atoms with van der Waals surface area (Å²) in [5, 5.41) is 1.18. The van der Waals surface area contributed by atoms with Crippen LogP contribution >= 0.6 is 0 Å². The third kappa shape index (κ3) is 3.17. The summed E-state index contributed by atoms with van der Waals surface area (Å²) in [6, 6.07) is 8.33. The van der Waals surface area contributed by atoms with E-state index in [0.717, 1.165) is 42.3 Å². The Labute approximate surface area is 155 Å². The van der Waals surface area contributed by atoms with Crippen LogP contribution in [0, 0.1) is 11.8 Å². The minimum Gasteiger partial charge on any atom is -0.382 e. The van der Waals surface area contributed by atoms with Crippen LogP contribution in [-0.4, -0.2) is 14.5 Å². The van der Waals surface area contributed by atoms with Gasteiger partial charge in [0, 0.05) is 18.4 Å². The molecule has 138 valence electrons. The lowest BCUT2D eigenvalue weighted by atomic mass is 9.83. The van der Waals surface area contributed by atoms with Crippen LogP contribution < -0.4 is 5.73 Å². The highest BCUT2D eigenvalue weighted by Crippen LogP contribution is 2.34. The van der Waals surface area contributed by atoms with E-state index in [4.69, 9.17) is 10.7 Å². The molecule has 4 nitrogen and oxygen atoms in total. The van der Waals surface area contributed by atoms with Crippen molar-refractivity contribution in [2.75, 3.05) is 5.73 Å². The summed E-state index contributed by atoms with van der Waals surface area (Å²) in [7, 11) is 0. The van der Waals surface area contributed by atoms with Crippen molar-refractivity contribution in [1.29, 1.82) is 0 Å². The molecule has 2 N–H and O–H groups in total. The molecule has 0 atom stereocenters. The number of aryl methyl sites for hydroxylation is 1. The number of pyridine rings is 1. The zero-order chi connectivity index (χ0) is 18.1. The molecule has 26 heavy (non-hydrogen) atoms. The van der Waals surface area contributed by atoms with E-state index in [9.17, 15) is 0 Å². The number of rotatable bonds is 5. The maximum absolute atomic E-state index is 6.30. The summed E-state index contributed by atoms with van der Waals surface area (Å²) in [5.41, 5.74) is 9.35. The predicted molar refractivity (Wildman–Crippen MR) is 109 cm³/mol. The Morgan fingerprint density at radius 3 is 2.65 bits per heavy atom. The largest absolute Gasteiger partial charge is 0.382 e. The van der Waals surface area contributed by atoms with Crippen LogP contribution in [-0.2, 0) is 13.0 Å². The van der Waals surface area contributed by atoms with E-state index in [1.54, 1.807) is 0 Å². The molecule has 0 saturated heterocycles. The Morgan fingerprint density at radius 1 is 1.12 bits per heavy atom. The molecule has 1 aliphatic rings. The molecule has 1 saturated carbocycles. The van der Waals surface area contributed by atoms with Gasteiger partial charge in [-0.3, -0.25) is 0 Å². The summed E-state index contributed by atoms with van der Waals surface area (Å²) in [6.45, 7) is 5.69. The number of hydrogen-bond acceptors (Lipinski definition) is 3. The third-order valence-electron chi connectivity index (χ3n) is 6.02. The van der Waals surface area contributed by atoms with Gasteiger partial charge in [0.05, 0.1) is 11.0 Å². The molecule has 0 radical (unpaired) electrons. The van der Waals surface area contributed by atoms with Crippen molar-refractivity contribution in [1.82, 2.24) is 14.5 Å². The van der Waals surface area contributed by atoms with Crippen LogP contribution in [0.3, 0.4) is 0 Å². The molecular formula is C22H30N4. The molecule has 1 aromatic carbocycles. The fourth-order valence-corrected chi connectivity index (χ4v) is 4.40. The van der Waals surface area contributed by atoms with Crippen molar-refractivity contribution >= 4 is 27.8 Å². The van der Waals surface area contributed by atoms with Gasteiger partial charge in [0.2, 0.25) is 0 Å². The van der Waals surface area contributed by atoms with Crippen molar-refractivity contribution < 1.29 is 0 Å². The van der Waals surface area contributed by atoms with Gasteiger partial charge in [0.1, 0.15) is 11.3 Å². The van der Waals surface area contributed by atoms with Crippen molar-refractivity contribution in [3.8, 4) is 0 Å². The van der Waals surface area contributed by atoms with E-state index in [-0.39, 0.29) is 0 Å². The van der Waals surface area contributed by atoms with Gasteiger partial charge in [0.25, 0.3) is 0 Å². The zero-order valence-corrected chi connectivity index (χ0v) is 16.0. The summed E-state index contributed by atoms with van der Waals surface area (Å²) in [4.78, 5) is 9.55. The van der Waals surface area contributed by atoms with E-state index >= 15 is 0 Å². The Hall–Kier alpha value is -2.10. The standard InChI is InChI=1S/C22H30N4/c1-3-4-9-19-25-20-21(17-7-5-6-8-18(17)24-22(20)23)26(19)14-16-12-10-15(2)11-13-16/h5-8,15-16H,3-4,9-14H2,1-2H3,(H2,23,24). The van der Waals surface area contributed by atoms with Crippen molar-refractivity contribution in [3.05, 3.63) is 30.1 Å². The predicted octanol–water partition coefficient (Wildman–Crippen LogP) is 5.34. The van der Waals surface area contributed by atoms with Gasteiger partial charge in [-0.1, -0.05) is 51.3 Å². The topological polar surface area (TPSA) is 56.7 Å². The van der Waals surface area contributed by atoms with Crippen molar-refractivity contribution in [2.24, 2.45) is 11.8 Å². The summed E-state index contributed by atoms with van der Waals surface area (Å²) in [5.74, 6) is 3.38. The van der Waals surface area contributed by atoms with Gasteiger partial charge in [-0.25, -0.2) is 9.97 Å². The number of hydrogen-bond donors (Lipinski definition) is 1. The number of fused-ring (bicyclic) bond motifs is 3. The second-order valence-electron chi connectivity index (χ2n) is 8.08. The lowest BCUT2D eigenvalue weighted by Crippen LogP contribution is -2.19.